The Labute approximate surface area is 76.6 Å². The number of carbonyl (C=O) groups is 3. The van der Waals surface area contributed by atoms with E-state index in [1.165, 1.54) is 13.8 Å². The lowest BCUT2D eigenvalue weighted by Gasteiger charge is -2.03. The predicted molar refractivity (Wildman–Crippen MR) is 46.1 cm³/mol. The van der Waals surface area contributed by atoms with Gasteiger partial charge in [-0.25, -0.2) is 0 Å². The van der Waals surface area contributed by atoms with Crippen LogP contribution in [0.5, 0.6) is 0 Å². The zero-order valence-electron chi connectivity index (χ0n) is 7.75. The van der Waals surface area contributed by atoms with Crippen LogP contribution in [0.4, 0.5) is 0 Å². The van der Waals surface area contributed by atoms with Gasteiger partial charge in [-0.15, -0.1) is 0 Å². The second kappa shape index (κ2) is 5.24. The summed E-state index contributed by atoms with van der Waals surface area (Å²) in [4.78, 5) is 31.9. The molecule has 0 aromatic carbocycles. The number of rotatable bonds is 6. The largest absolute Gasteiger partial charge is 0.483 e. The van der Waals surface area contributed by atoms with Gasteiger partial charge >= 0.3 is 0 Å². The first-order valence-corrected chi connectivity index (χ1v) is 3.77. The van der Waals surface area contributed by atoms with E-state index < -0.39 is 0 Å². The molecular weight excluding hydrogens is 172 g/mol. The molecule has 0 fully saturated rings. The fraction of sp³-hybridized carbons (Fsp3) is 0.444. The summed E-state index contributed by atoms with van der Waals surface area (Å²) in [5.41, 5.74) is 0. The fourth-order valence-corrected chi connectivity index (χ4v) is 0.598. The first kappa shape index (κ1) is 11.6. The van der Waals surface area contributed by atoms with Gasteiger partial charge in [-0.2, -0.15) is 0 Å². The molecule has 0 heterocycles. The molecule has 0 aliphatic carbocycles. The second-order valence-corrected chi connectivity index (χ2v) is 2.69. The highest BCUT2D eigenvalue weighted by molar-refractivity contribution is 5.99. The van der Waals surface area contributed by atoms with Crippen molar-refractivity contribution >= 4 is 17.3 Å². The summed E-state index contributed by atoms with van der Waals surface area (Å²) in [6.07, 6.45) is -0.162. The standard InChI is InChI=1S/C9H12O4/c1-6(10)4-9(12)5-13-8(3)7(2)11/h3-5H2,1-2H3. The van der Waals surface area contributed by atoms with Crippen LogP contribution in [0, 0.1) is 0 Å². The zero-order valence-corrected chi connectivity index (χ0v) is 7.75. The Morgan fingerprint density at radius 3 is 2.15 bits per heavy atom. The number of hydrogen-bond acceptors (Lipinski definition) is 4. The van der Waals surface area contributed by atoms with Crippen molar-refractivity contribution in [3.05, 3.63) is 12.3 Å². The van der Waals surface area contributed by atoms with Crippen molar-refractivity contribution < 1.29 is 19.1 Å². The lowest BCUT2D eigenvalue weighted by Crippen LogP contribution is -2.13. The quantitative estimate of drug-likeness (QED) is 0.345. The van der Waals surface area contributed by atoms with Crippen molar-refractivity contribution in [2.45, 2.75) is 20.3 Å². The van der Waals surface area contributed by atoms with Crippen molar-refractivity contribution in [3.8, 4) is 0 Å². The van der Waals surface area contributed by atoms with Gasteiger partial charge in [0.2, 0.25) is 0 Å². The summed E-state index contributed by atoms with van der Waals surface area (Å²) in [5.74, 6) is -0.954. The molecule has 0 atom stereocenters. The Hall–Kier alpha value is -1.45. The zero-order chi connectivity index (χ0) is 10.4. The van der Waals surface area contributed by atoms with Crippen LogP contribution in [-0.4, -0.2) is 24.0 Å². The van der Waals surface area contributed by atoms with Crippen molar-refractivity contribution in [2.75, 3.05) is 6.61 Å². The Morgan fingerprint density at radius 1 is 1.23 bits per heavy atom. The van der Waals surface area contributed by atoms with Gasteiger partial charge in [-0.05, 0) is 6.92 Å². The third-order valence-electron chi connectivity index (χ3n) is 1.25. The normalized spacial score (nSPS) is 9.08. The Kier molecular flexibility index (Phi) is 4.66. The molecule has 4 nitrogen and oxygen atoms in total. The van der Waals surface area contributed by atoms with E-state index >= 15 is 0 Å². The predicted octanol–water partition coefficient (Wildman–Crippen LogP) is 0.654. The molecule has 0 spiro atoms. The van der Waals surface area contributed by atoms with Gasteiger partial charge < -0.3 is 4.74 Å². The molecule has 13 heavy (non-hydrogen) atoms. The topological polar surface area (TPSA) is 60.4 Å². The second-order valence-electron chi connectivity index (χ2n) is 2.69. The van der Waals surface area contributed by atoms with E-state index in [9.17, 15) is 14.4 Å². The van der Waals surface area contributed by atoms with Gasteiger partial charge in [0.1, 0.15) is 12.4 Å². The molecule has 0 aromatic rings. The number of allylic oxidation sites excluding steroid dienone is 1. The molecule has 0 amide bonds. The molecule has 0 radical (unpaired) electrons. The van der Waals surface area contributed by atoms with Crippen LogP contribution in [0.1, 0.15) is 20.3 Å². The Bertz CT molecular complexity index is 252. The van der Waals surface area contributed by atoms with E-state index in [4.69, 9.17) is 4.74 Å². The maximum Gasteiger partial charge on any atom is 0.193 e. The monoisotopic (exact) mass is 184 g/mol. The van der Waals surface area contributed by atoms with Crippen LogP contribution >= 0.6 is 0 Å². The Balaban J connectivity index is 3.77. The summed E-state index contributed by atoms with van der Waals surface area (Å²) >= 11 is 0. The van der Waals surface area contributed by atoms with E-state index in [0.717, 1.165) is 0 Å². The summed E-state index contributed by atoms with van der Waals surface area (Å²) in [7, 11) is 0. The van der Waals surface area contributed by atoms with Crippen molar-refractivity contribution in [3.63, 3.8) is 0 Å². The molecule has 0 saturated heterocycles. The third kappa shape index (κ3) is 5.78. The smallest absolute Gasteiger partial charge is 0.193 e. The molecular formula is C9H12O4. The molecule has 0 N–H and O–H groups in total. The number of ketones is 3. The van der Waals surface area contributed by atoms with Gasteiger partial charge in [-0.1, -0.05) is 6.58 Å². The molecule has 0 bridgehead atoms. The lowest BCUT2D eigenvalue weighted by molar-refractivity contribution is -0.128. The SMILES string of the molecule is C=C(OCC(=O)CC(C)=O)C(C)=O. The van der Waals surface area contributed by atoms with Crippen LogP contribution in [0.2, 0.25) is 0 Å². The van der Waals surface area contributed by atoms with E-state index in [1.54, 1.807) is 0 Å². The first-order valence-electron chi connectivity index (χ1n) is 3.77. The summed E-state index contributed by atoms with van der Waals surface area (Å²) in [6, 6.07) is 0. The summed E-state index contributed by atoms with van der Waals surface area (Å²) in [6.45, 7) is 5.64. The molecule has 0 aliphatic heterocycles. The number of carbonyl (C=O) groups excluding carboxylic acids is 3. The molecule has 0 aliphatic rings. The van der Waals surface area contributed by atoms with Crippen LogP contribution in [0.15, 0.2) is 12.3 Å². The molecule has 0 unspecified atom stereocenters. The number of hydrogen-bond donors (Lipinski definition) is 0. The van der Waals surface area contributed by atoms with E-state index in [1.807, 2.05) is 0 Å². The van der Waals surface area contributed by atoms with Gasteiger partial charge in [0, 0.05) is 6.92 Å². The Morgan fingerprint density at radius 2 is 1.77 bits per heavy atom. The van der Waals surface area contributed by atoms with Crippen LogP contribution in [0.3, 0.4) is 0 Å². The third-order valence-corrected chi connectivity index (χ3v) is 1.25. The van der Waals surface area contributed by atoms with Gasteiger partial charge in [-0.3, -0.25) is 14.4 Å². The number of Topliss-reactive ketones (excluding diaryl/α,β-unsaturated/α-hetero) is 3. The first-order chi connectivity index (χ1) is 5.93. The highest BCUT2D eigenvalue weighted by Crippen LogP contribution is 1.96. The van der Waals surface area contributed by atoms with Gasteiger partial charge in [0.25, 0.3) is 0 Å². The van der Waals surface area contributed by atoms with Crippen molar-refractivity contribution in [2.24, 2.45) is 0 Å². The average molecular weight is 184 g/mol. The number of ether oxygens (including phenoxy) is 1. The fourth-order valence-electron chi connectivity index (χ4n) is 0.598. The van der Waals surface area contributed by atoms with Crippen LogP contribution in [0.25, 0.3) is 0 Å². The lowest BCUT2D eigenvalue weighted by atomic mass is 10.2. The molecule has 72 valence electrons. The molecule has 4 heteroatoms. The van der Waals surface area contributed by atoms with E-state index in [-0.39, 0.29) is 36.1 Å². The maximum atomic E-state index is 10.9. The molecule has 0 aromatic heterocycles. The highest BCUT2D eigenvalue weighted by Gasteiger charge is 2.08. The van der Waals surface area contributed by atoms with Crippen LogP contribution < -0.4 is 0 Å². The van der Waals surface area contributed by atoms with Gasteiger partial charge in [0.15, 0.2) is 17.3 Å². The van der Waals surface area contributed by atoms with Gasteiger partial charge in [0.05, 0.1) is 6.42 Å². The van der Waals surface area contributed by atoms with E-state index in [2.05, 4.69) is 6.58 Å². The minimum Gasteiger partial charge on any atom is -0.483 e. The van der Waals surface area contributed by atoms with Crippen molar-refractivity contribution in [1.82, 2.24) is 0 Å². The minimum atomic E-state index is -0.352. The minimum absolute atomic E-state index is 0.0584. The molecule has 0 rings (SSSR count). The summed E-state index contributed by atoms with van der Waals surface area (Å²) < 4.78 is 4.72. The van der Waals surface area contributed by atoms with Crippen LogP contribution in [-0.2, 0) is 19.1 Å². The summed E-state index contributed by atoms with van der Waals surface area (Å²) in [5, 5.41) is 0. The maximum absolute atomic E-state index is 10.9. The van der Waals surface area contributed by atoms with E-state index in [0.29, 0.717) is 0 Å². The highest BCUT2D eigenvalue weighted by atomic mass is 16.5. The average Bonchev–Trinajstić information content (AvgIpc) is 1.98. The molecule has 0 saturated carbocycles. The van der Waals surface area contributed by atoms with Crippen molar-refractivity contribution in [1.29, 1.82) is 0 Å².